The van der Waals surface area contributed by atoms with Crippen molar-refractivity contribution >= 4 is 10.0 Å². The molecule has 2 aromatic rings. The van der Waals surface area contributed by atoms with Gasteiger partial charge in [-0.2, -0.15) is 23.0 Å². The zero-order valence-electron chi connectivity index (χ0n) is 12.1. The van der Waals surface area contributed by atoms with Crippen LogP contribution in [0.25, 0.3) is 0 Å². The molecule has 0 fully saturated rings. The van der Waals surface area contributed by atoms with Gasteiger partial charge < -0.3 is 4.74 Å². The summed E-state index contributed by atoms with van der Waals surface area (Å²) in [6.07, 6.45) is -3.95. The number of alkyl halides is 3. The minimum atomic E-state index is -4.95. The molecule has 0 aliphatic rings. The number of methoxy groups -OCH3 is 1. The summed E-state index contributed by atoms with van der Waals surface area (Å²) < 4.78 is 83.4. The standard InChI is InChI=1S/C13H11F4N3O3S/c1-23-12-10(6-7-18-19-12)24(21,22)20-11(13(15,16)17)8-2-4-9(14)5-3-8/h2-7,11,20H,1H3. The number of aromatic nitrogens is 2. The first kappa shape index (κ1) is 18.1. The lowest BCUT2D eigenvalue weighted by molar-refractivity contribution is -0.153. The summed E-state index contributed by atoms with van der Waals surface area (Å²) in [5.41, 5.74) is -0.464. The number of sulfonamides is 1. The van der Waals surface area contributed by atoms with Crippen molar-refractivity contribution < 1.29 is 30.7 Å². The van der Waals surface area contributed by atoms with Gasteiger partial charge in [-0.25, -0.2) is 12.8 Å². The minimum absolute atomic E-state index is 0.454. The molecule has 1 heterocycles. The number of nitrogens with zero attached hydrogens (tertiary/aromatic N) is 2. The van der Waals surface area contributed by atoms with Crippen LogP contribution in [0.3, 0.4) is 0 Å². The summed E-state index contributed by atoms with van der Waals surface area (Å²) in [5.74, 6) is -1.20. The van der Waals surface area contributed by atoms with Crippen molar-refractivity contribution in [2.45, 2.75) is 17.1 Å². The molecule has 0 bridgehead atoms. The maximum atomic E-state index is 13.3. The third-order valence-electron chi connectivity index (χ3n) is 2.94. The van der Waals surface area contributed by atoms with Crippen LogP contribution in [0.15, 0.2) is 41.4 Å². The first-order valence-electron chi connectivity index (χ1n) is 6.35. The van der Waals surface area contributed by atoms with Gasteiger partial charge in [-0.15, -0.1) is 5.10 Å². The molecule has 24 heavy (non-hydrogen) atoms. The highest BCUT2D eigenvalue weighted by Crippen LogP contribution is 2.34. The van der Waals surface area contributed by atoms with Crippen LogP contribution in [-0.2, 0) is 10.0 Å². The Bertz CT molecular complexity index is 810. The summed E-state index contributed by atoms with van der Waals surface area (Å²) >= 11 is 0. The monoisotopic (exact) mass is 365 g/mol. The molecule has 1 unspecified atom stereocenters. The zero-order valence-corrected chi connectivity index (χ0v) is 12.9. The molecule has 0 aliphatic carbocycles. The van der Waals surface area contributed by atoms with Crippen molar-refractivity contribution in [1.29, 1.82) is 0 Å². The van der Waals surface area contributed by atoms with E-state index in [0.29, 0.717) is 0 Å². The Morgan fingerprint density at radius 3 is 2.33 bits per heavy atom. The Morgan fingerprint density at radius 2 is 1.79 bits per heavy atom. The lowest BCUT2D eigenvalue weighted by Gasteiger charge is -2.22. The van der Waals surface area contributed by atoms with E-state index in [1.54, 1.807) is 0 Å². The van der Waals surface area contributed by atoms with Crippen LogP contribution >= 0.6 is 0 Å². The highest BCUT2D eigenvalue weighted by molar-refractivity contribution is 7.89. The van der Waals surface area contributed by atoms with Gasteiger partial charge >= 0.3 is 6.18 Å². The number of nitrogens with one attached hydrogen (secondary N) is 1. The summed E-state index contributed by atoms with van der Waals surface area (Å²) in [7, 11) is -3.53. The van der Waals surface area contributed by atoms with Crippen molar-refractivity contribution in [1.82, 2.24) is 14.9 Å². The van der Waals surface area contributed by atoms with E-state index in [-0.39, 0.29) is 0 Å². The summed E-state index contributed by atoms with van der Waals surface area (Å²) in [4.78, 5) is -0.601. The van der Waals surface area contributed by atoms with Crippen LogP contribution in [0, 0.1) is 5.82 Å². The van der Waals surface area contributed by atoms with Crippen LogP contribution < -0.4 is 9.46 Å². The van der Waals surface area contributed by atoms with Gasteiger partial charge in [0, 0.05) is 0 Å². The first-order chi connectivity index (χ1) is 11.1. The van der Waals surface area contributed by atoms with Crippen molar-refractivity contribution in [3.8, 4) is 5.88 Å². The molecule has 0 spiro atoms. The molecule has 1 aromatic heterocycles. The molecular weight excluding hydrogens is 354 g/mol. The molecule has 0 aliphatic heterocycles. The number of rotatable bonds is 5. The van der Waals surface area contributed by atoms with E-state index in [0.717, 1.165) is 43.6 Å². The van der Waals surface area contributed by atoms with Gasteiger partial charge in [0.05, 0.1) is 13.3 Å². The van der Waals surface area contributed by atoms with Crippen molar-refractivity contribution in [2.75, 3.05) is 7.11 Å². The Kier molecular flexibility index (Phi) is 5.04. The van der Waals surface area contributed by atoms with Crippen LogP contribution in [0.4, 0.5) is 17.6 Å². The third-order valence-corrected chi connectivity index (χ3v) is 4.37. The molecule has 1 atom stereocenters. The van der Waals surface area contributed by atoms with Crippen LogP contribution in [0.5, 0.6) is 5.88 Å². The Balaban J connectivity index is 2.44. The smallest absolute Gasteiger partial charge is 0.408 e. The molecule has 0 radical (unpaired) electrons. The van der Waals surface area contributed by atoms with Gasteiger partial charge in [-0.1, -0.05) is 12.1 Å². The molecule has 6 nitrogen and oxygen atoms in total. The number of hydrogen-bond acceptors (Lipinski definition) is 5. The van der Waals surface area contributed by atoms with E-state index in [1.165, 1.54) is 4.72 Å². The average molecular weight is 365 g/mol. The lowest BCUT2D eigenvalue weighted by Crippen LogP contribution is -2.38. The van der Waals surface area contributed by atoms with Crippen molar-refractivity contribution in [2.24, 2.45) is 0 Å². The molecule has 1 aromatic carbocycles. The molecule has 0 saturated carbocycles. The number of halogens is 4. The van der Waals surface area contributed by atoms with Crippen molar-refractivity contribution in [3.63, 3.8) is 0 Å². The van der Waals surface area contributed by atoms with Crippen LogP contribution in [0.2, 0.25) is 0 Å². The quantitative estimate of drug-likeness (QED) is 0.822. The number of hydrogen-bond donors (Lipinski definition) is 1. The number of benzene rings is 1. The maximum absolute atomic E-state index is 13.3. The third kappa shape index (κ3) is 3.97. The van der Waals surface area contributed by atoms with E-state index in [9.17, 15) is 26.0 Å². The fourth-order valence-electron chi connectivity index (χ4n) is 1.85. The fourth-order valence-corrected chi connectivity index (χ4v) is 3.15. The van der Waals surface area contributed by atoms with Gasteiger partial charge in [0.25, 0.3) is 5.88 Å². The number of ether oxygens (including phenoxy) is 1. The van der Waals surface area contributed by atoms with E-state index in [2.05, 4.69) is 10.2 Å². The molecule has 11 heteroatoms. The van der Waals surface area contributed by atoms with Gasteiger partial charge in [-0.05, 0) is 23.8 Å². The molecule has 0 saturated heterocycles. The predicted octanol–water partition coefficient (Wildman–Crippen LogP) is 2.21. The molecule has 1 N–H and O–H groups in total. The summed E-state index contributed by atoms with van der Waals surface area (Å²) in [6, 6.07) is 1.68. The average Bonchev–Trinajstić information content (AvgIpc) is 2.52. The Morgan fingerprint density at radius 1 is 1.17 bits per heavy atom. The molecule has 2 rings (SSSR count). The second-order valence-corrected chi connectivity index (χ2v) is 6.23. The minimum Gasteiger partial charge on any atom is -0.479 e. The highest BCUT2D eigenvalue weighted by Gasteiger charge is 2.44. The molecule has 130 valence electrons. The summed E-state index contributed by atoms with van der Waals surface area (Å²) in [6.45, 7) is 0. The SMILES string of the molecule is COc1nnccc1S(=O)(=O)NC(c1ccc(F)cc1)C(F)(F)F. The second kappa shape index (κ2) is 6.69. The lowest BCUT2D eigenvalue weighted by atomic mass is 10.1. The molecular formula is C13H11F4N3O3S. The Hall–Kier alpha value is -2.27. The van der Waals surface area contributed by atoms with Gasteiger partial charge in [-0.3, -0.25) is 0 Å². The highest BCUT2D eigenvalue weighted by atomic mass is 32.2. The van der Waals surface area contributed by atoms with E-state index in [4.69, 9.17) is 4.74 Å². The maximum Gasteiger partial charge on any atom is 0.408 e. The fraction of sp³-hybridized carbons (Fsp3) is 0.231. The zero-order chi connectivity index (χ0) is 18.0. The summed E-state index contributed by atoms with van der Waals surface area (Å²) in [5, 5.41) is 6.79. The molecule has 0 amide bonds. The van der Waals surface area contributed by atoms with Crippen LogP contribution in [0.1, 0.15) is 11.6 Å². The van der Waals surface area contributed by atoms with E-state index in [1.807, 2.05) is 0 Å². The Labute approximate surface area is 134 Å². The first-order valence-corrected chi connectivity index (χ1v) is 7.83. The van der Waals surface area contributed by atoms with Crippen LogP contribution in [-0.4, -0.2) is 31.9 Å². The predicted molar refractivity (Wildman–Crippen MR) is 74.1 cm³/mol. The van der Waals surface area contributed by atoms with Gasteiger partial charge in [0.1, 0.15) is 16.8 Å². The second-order valence-electron chi connectivity index (χ2n) is 4.55. The van der Waals surface area contributed by atoms with Gasteiger partial charge in [0.2, 0.25) is 10.0 Å². The largest absolute Gasteiger partial charge is 0.479 e. The van der Waals surface area contributed by atoms with Gasteiger partial charge in [0.15, 0.2) is 0 Å². The van der Waals surface area contributed by atoms with E-state index < -0.39 is 44.4 Å². The topological polar surface area (TPSA) is 81.2 Å². The normalized spacial score (nSPS) is 13.5. The van der Waals surface area contributed by atoms with Crippen molar-refractivity contribution in [3.05, 3.63) is 47.9 Å². The van der Waals surface area contributed by atoms with E-state index >= 15 is 0 Å².